The molecule has 2 unspecified atom stereocenters. The minimum atomic E-state index is -0.816. The second-order valence-corrected chi connectivity index (χ2v) is 11.1. The minimum absolute atomic E-state index is 0.0483. The Labute approximate surface area is 226 Å². The maximum absolute atomic E-state index is 13.5. The van der Waals surface area contributed by atoms with Crippen LogP contribution < -0.4 is 10.6 Å². The third-order valence-corrected chi connectivity index (χ3v) is 8.48. The summed E-state index contributed by atoms with van der Waals surface area (Å²) >= 11 is 1.57. The Kier molecular flexibility index (Phi) is 8.16. The third-order valence-electron chi connectivity index (χ3n) is 7.42. The first-order valence-corrected chi connectivity index (χ1v) is 14.1. The van der Waals surface area contributed by atoms with Gasteiger partial charge >= 0.3 is 0 Å². The zero-order valence-corrected chi connectivity index (χ0v) is 22.2. The Morgan fingerprint density at radius 2 is 1.97 bits per heavy atom. The molecule has 0 spiro atoms. The van der Waals surface area contributed by atoms with Gasteiger partial charge in [-0.2, -0.15) is 0 Å². The number of benzene rings is 2. The van der Waals surface area contributed by atoms with E-state index in [9.17, 15) is 19.1 Å². The topological polar surface area (TPSA) is 94.6 Å². The lowest BCUT2D eigenvalue weighted by Gasteiger charge is -2.29. The summed E-state index contributed by atoms with van der Waals surface area (Å²) in [5, 5.41) is 20.4. The highest BCUT2D eigenvalue weighted by Gasteiger charge is 2.34. The molecule has 7 nitrogen and oxygen atoms in total. The molecule has 0 aliphatic carbocycles. The first-order valence-electron chi connectivity index (χ1n) is 13.2. The van der Waals surface area contributed by atoms with Crippen molar-refractivity contribution in [2.75, 3.05) is 13.1 Å². The van der Waals surface area contributed by atoms with E-state index in [1.54, 1.807) is 47.7 Å². The molecule has 2 fully saturated rings. The van der Waals surface area contributed by atoms with Crippen LogP contribution in [0.25, 0.3) is 0 Å². The molecule has 2 amide bonds. The molecule has 0 bridgehead atoms. The number of thiazole rings is 1. The number of nitrogens with zero attached hydrogens (tertiary/aromatic N) is 2. The van der Waals surface area contributed by atoms with Crippen molar-refractivity contribution < 1.29 is 19.1 Å². The van der Waals surface area contributed by atoms with Gasteiger partial charge in [-0.15, -0.1) is 11.3 Å². The normalized spacial score (nSPS) is 20.9. The van der Waals surface area contributed by atoms with Crippen LogP contribution in [0.4, 0.5) is 4.39 Å². The zero-order chi connectivity index (χ0) is 26.6. The number of amides is 2. The van der Waals surface area contributed by atoms with Gasteiger partial charge in [-0.25, -0.2) is 9.37 Å². The average Bonchev–Trinajstić information content (AvgIpc) is 3.71. The minimum Gasteiger partial charge on any atom is -0.389 e. The molecule has 4 atom stereocenters. The summed E-state index contributed by atoms with van der Waals surface area (Å²) in [7, 11) is 0. The van der Waals surface area contributed by atoms with Gasteiger partial charge in [0.15, 0.2) is 0 Å². The molecule has 9 heteroatoms. The molecule has 1 aromatic heterocycles. The van der Waals surface area contributed by atoms with E-state index in [1.807, 2.05) is 17.2 Å². The number of carbonyl (C=O) groups is 2. The number of aryl methyl sites for hydroxylation is 1. The summed E-state index contributed by atoms with van der Waals surface area (Å²) in [5.41, 5.74) is 2.57. The number of likely N-dealkylation sites (tertiary alicyclic amines) is 1. The van der Waals surface area contributed by atoms with E-state index in [0.717, 1.165) is 48.5 Å². The van der Waals surface area contributed by atoms with E-state index in [1.165, 1.54) is 12.1 Å². The van der Waals surface area contributed by atoms with Crippen LogP contribution >= 0.6 is 11.3 Å². The van der Waals surface area contributed by atoms with Crippen LogP contribution in [0, 0.1) is 12.7 Å². The van der Waals surface area contributed by atoms with Crippen LogP contribution in [-0.2, 0) is 6.42 Å². The number of aliphatic hydroxyl groups excluding tert-OH is 1. The lowest BCUT2D eigenvalue weighted by atomic mass is 9.95. The fourth-order valence-corrected chi connectivity index (χ4v) is 6.36. The van der Waals surface area contributed by atoms with Crippen molar-refractivity contribution in [3.63, 3.8) is 0 Å². The van der Waals surface area contributed by atoms with Crippen molar-refractivity contribution >= 4 is 23.2 Å². The number of hydrogen-bond donors (Lipinski definition) is 3. The summed E-state index contributed by atoms with van der Waals surface area (Å²) in [4.78, 5) is 33.3. The summed E-state index contributed by atoms with van der Waals surface area (Å²) < 4.78 is 13.4. The van der Waals surface area contributed by atoms with Crippen LogP contribution in [0.1, 0.15) is 68.7 Å². The largest absolute Gasteiger partial charge is 0.389 e. The number of nitrogens with one attached hydrogen (secondary N) is 2. The van der Waals surface area contributed by atoms with Crippen molar-refractivity contribution in [2.24, 2.45) is 0 Å². The van der Waals surface area contributed by atoms with Crippen molar-refractivity contribution in [2.45, 2.75) is 63.3 Å². The highest BCUT2D eigenvalue weighted by atomic mass is 32.1. The predicted molar refractivity (Wildman–Crippen MR) is 145 cm³/mol. The molecule has 0 radical (unpaired) electrons. The Morgan fingerprint density at radius 1 is 1.18 bits per heavy atom. The van der Waals surface area contributed by atoms with Crippen LogP contribution in [0.5, 0.6) is 0 Å². The van der Waals surface area contributed by atoms with E-state index in [4.69, 9.17) is 0 Å². The number of aliphatic hydroxyl groups is 1. The van der Waals surface area contributed by atoms with E-state index < -0.39 is 12.1 Å². The second-order valence-electron chi connectivity index (χ2n) is 10.2. The van der Waals surface area contributed by atoms with Gasteiger partial charge in [0.05, 0.1) is 18.2 Å². The zero-order valence-electron chi connectivity index (χ0n) is 21.4. The third kappa shape index (κ3) is 5.95. The molecule has 200 valence electrons. The lowest BCUT2D eigenvalue weighted by molar-refractivity contribution is 0.0733. The Balaban J connectivity index is 1.32. The molecule has 3 N–H and O–H groups in total. The fourth-order valence-electron chi connectivity index (χ4n) is 5.42. The van der Waals surface area contributed by atoms with E-state index >= 15 is 0 Å². The van der Waals surface area contributed by atoms with Crippen LogP contribution in [0.3, 0.4) is 0 Å². The molecule has 3 aromatic rings. The number of rotatable bonds is 8. The average molecular weight is 537 g/mol. The standard InChI is InChI=1S/C29H33FN4O3S/c1-18-17-38-28(32-18)25-8-4-14-34(25)29(37)21-6-2-5-20(16-21)27(36)33-24(26(35)23-7-3-13-31-23)15-19-9-11-22(30)12-10-19/h2,5-6,9-12,16-17,23-26,31,35H,3-4,7-8,13-15H2,1H3,(H,33,36)/t23?,24?,25-,26+/m0/s1. The van der Waals surface area contributed by atoms with Crippen molar-refractivity contribution in [3.05, 3.63) is 87.1 Å². The first kappa shape index (κ1) is 26.5. The SMILES string of the molecule is Cc1csc([C@@H]2CCCN2C(=O)c2cccc(C(=O)NC(Cc3ccc(F)cc3)[C@H](O)C3CCCN3)c2)n1. The van der Waals surface area contributed by atoms with Crippen LogP contribution in [0.2, 0.25) is 0 Å². The quantitative estimate of drug-likeness (QED) is 0.404. The van der Waals surface area contributed by atoms with Gasteiger partial charge in [0.1, 0.15) is 10.8 Å². The molecular weight excluding hydrogens is 503 g/mol. The van der Waals surface area contributed by atoms with E-state index in [0.29, 0.717) is 24.1 Å². The van der Waals surface area contributed by atoms with Gasteiger partial charge < -0.3 is 20.6 Å². The molecular formula is C29H33FN4O3S. The molecule has 3 heterocycles. The van der Waals surface area contributed by atoms with Crippen LogP contribution in [0.15, 0.2) is 53.9 Å². The monoisotopic (exact) mass is 536 g/mol. The molecule has 2 aliphatic rings. The number of hydrogen-bond acceptors (Lipinski definition) is 6. The summed E-state index contributed by atoms with van der Waals surface area (Å²) in [6.45, 7) is 3.42. The smallest absolute Gasteiger partial charge is 0.254 e. The molecule has 2 saturated heterocycles. The Bertz CT molecular complexity index is 1270. The van der Waals surface area contributed by atoms with Crippen molar-refractivity contribution in [3.8, 4) is 0 Å². The van der Waals surface area contributed by atoms with Gasteiger partial charge in [-0.3, -0.25) is 9.59 Å². The molecule has 38 heavy (non-hydrogen) atoms. The highest BCUT2D eigenvalue weighted by Crippen LogP contribution is 2.34. The second kappa shape index (κ2) is 11.7. The van der Waals surface area contributed by atoms with Gasteiger partial charge in [0.25, 0.3) is 11.8 Å². The van der Waals surface area contributed by atoms with E-state index in [-0.39, 0.29) is 29.7 Å². The van der Waals surface area contributed by atoms with Crippen molar-refractivity contribution in [1.29, 1.82) is 0 Å². The fraction of sp³-hybridized carbons (Fsp3) is 0.414. The Hall–Kier alpha value is -3.14. The Morgan fingerprint density at radius 3 is 2.68 bits per heavy atom. The molecule has 0 saturated carbocycles. The highest BCUT2D eigenvalue weighted by molar-refractivity contribution is 7.09. The number of halogens is 1. The first-order chi connectivity index (χ1) is 18.4. The number of aromatic nitrogens is 1. The molecule has 5 rings (SSSR count). The van der Waals surface area contributed by atoms with Crippen molar-refractivity contribution in [1.82, 2.24) is 20.5 Å². The van der Waals surface area contributed by atoms with E-state index in [2.05, 4.69) is 15.6 Å². The van der Waals surface area contributed by atoms with Gasteiger partial charge in [-0.05, 0) is 81.5 Å². The summed E-state index contributed by atoms with van der Waals surface area (Å²) in [6.07, 6.45) is 3.10. The summed E-state index contributed by atoms with van der Waals surface area (Å²) in [6, 6.07) is 12.1. The van der Waals surface area contributed by atoms with Crippen LogP contribution in [-0.4, -0.2) is 58.1 Å². The number of carbonyl (C=O) groups excluding carboxylic acids is 2. The predicted octanol–water partition coefficient (Wildman–Crippen LogP) is 4.02. The molecule has 2 aliphatic heterocycles. The van der Waals surface area contributed by atoms with Gasteiger partial charge in [0, 0.05) is 34.8 Å². The van der Waals surface area contributed by atoms with Gasteiger partial charge in [-0.1, -0.05) is 18.2 Å². The maximum Gasteiger partial charge on any atom is 0.254 e. The lowest BCUT2D eigenvalue weighted by Crippen LogP contribution is -2.52. The molecule has 2 aromatic carbocycles. The maximum atomic E-state index is 13.5. The van der Waals surface area contributed by atoms with Gasteiger partial charge in [0.2, 0.25) is 0 Å². The summed E-state index contributed by atoms with van der Waals surface area (Å²) in [5.74, 6) is -0.815.